The molecule has 1 aliphatic heterocycles. The van der Waals surface area contributed by atoms with Gasteiger partial charge in [-0.15, -0.1) is 0 Å². The predicted molar refractivity (Wildman–Crippen MR) is 67.7 cm³/mol. The maximum Gasteiger partial charge on any atom is 0.330 e. The molecular formula is C13H16N2O4. The molecule has 1 aromatic carbocycles. The number of aliphatic carboxylic acids is 1. The molecule has 2 rings (SSSR count). The number of rotatable bonds is 4. The van der Waals surface area contributed by atoms with Gasteiger partial charge < -0.3 is 20.5 Å². The molecule has 1 heterocycles. The molecule has 19 heavy (non-hydrogen) atoms. The fraction of sp³-hybridized carbons (Fsp3) is 0.385. The molecule has 1 aliphatic rings. The highest BCUT2D eigenvalue weighted by Gasteiger charge is 2.24. The van der Waals surface area contributed by atoms with Crippen molar-refractivity contribution in [1.82, 2.24) is 10.6 Å². The average molecular weight is 264 g/mol. The number of ether oxygens (including phenoxy) is 1. The van der Waals surface area contributed by atoms with Crippen molar-refractivity contribution < 1.29 is 19.4 Å². The third-order valence-electron chi connectivity index (χ3n) is 2.92. The van der Waals surface area contributed by atoms with Gasteiger partial charge in [-0.05, 0) is 12.0 Å². The van der Waals surface area contributed by atoms with E-state index in [0.717, 1.165) is 6.42 Å². The van der Waals surface area contributed by atoms with Gasteiger partial charge in [-0.3, -0.25) is 0 Å². The monoisotopic (exact) mass is 264 g/mol. The van der Waals surface area contributed by atoms with Gasteiger partial charge in [0.15, 0.2) is 6.04 Å². The van der Waals surface area contributed by atoms with Crippen LogP contribution >= 0.6 is 0 Å². The number of nitrogens with one attached hydrogen (secondary N) is 2. The third kappa shape index (κ3) is 3.69. The normalized spacial score (nSPS) is 19.7. The molecule has 1 saturated heterocycles. The first-order valence-corrected chi connectivity index (χ1v) is 6.09. The third-order valence-corrected chi connectivity index (χ3v) is 2.92. The van der Waals surface area contributed by atoms with Gasteiger partial charge in [0.2, 0.25) is 0 Å². The van der Waals surface area contributed by atoms with Crippen LogP contribution in [0.25, 0.3) is 0 Å². The number of carboxylic acid groups (broad SMARTS) is 1. The van der Waals surface area contributed by atoms with E-state index in [1.54, 1.807) is 30.3 Å². The summed E-state index contributed by atoms with van der Waals surface area (Å²) in [5.41, 5.74) is 0.535. The van der Waals surface area contributed by atoms with Crippen LogP contribution in [-0.4, -0.2) is 36.4 Å². The number of urea groups is 1. The maximum absolute atomic E-state index is 11.7. The van der Waals surface area contributed by atoms with Crippen LogP contribution in [0.15, 0.2) is 30.3 Å². The van der Waals surface area contributed by atoms with Crippen molar-refractivity contribution in [3.8, 4) is 0 Å². The molecule has 6 nitrogen and oxygen atoms in total. The van der Waals surface area contributed by atoms with Crippen molar-refractivity contribution >= 4 is 12.0 Å². The minimum atomic E-state index is -1.09. The van der Waals surface area contributed by atoms with Crippen LogP contribution in [0.1, 0.15) is 18.0 Å². The second-order valence-electron chi connectivity index (χ2n) is 4.36. The van der Waals surface area contributed by atoms with Crippen molar-refractivity contribution in [2.24, 2.45) is 0 Å². The summed E-state index contributed by atoms with van der Waals surface area (Å²) in [6.07, 6.45) is 0.747. The Balaban J connectivity index is 1.97. The fourth-order valence-corrected chi connectivity index (χ4v) is 1.94. The van der Waals surface area contributed by atoms with E-state index in [4.69, 9.17) is 9.84 Å². The molecule has 0 radical (unpaired) electrons. The number of benzene rings is 1. The van der Waals surface area contributed by atoms with E-state index in [2.05, 4.69) is 10.6 Å². The molecule has 102 valence electrons. The van der Waals surface area contributed by atoms with Crippen LogP contribution in [-0.2, 0) is 9.53 Å². The lowest BCUT2D eigenvalue weighted by molar-refractivity contribution is -0.139. The molecule has 0 bridgehead atoms. The van der Waals surface area contributed by atoms with Gasteiger partial charge in [-0.25, -0.2) is 9.59 Å². The number of carbonyl (C=O) groups excluding carboxylic acids is 1. The predicted octanol–water partition coefficient (Wildman–Crippen LogP) is 0.900. The van der Waals surface area contributed by atoms with Gasteiger partial charge in [0.25, 0.3) is 0 Å². The maximum atomic E-state index is 11.7. The minimum absolute atomic E-state index is 0.0507. The lowest BCUT2D eigenvalue weighted by atomic mass is 10.1. The van der Waals surface area contributed by atoms with Gasteiger partial charge in [0, 0.05) is 6.61 Å². The summed E-state index contributed by atoms with van der Waals surface area (Å²) in [5, 5.41) is 14.3. The van der Waals surface area contributed by atoms with Crippen molar-refractivity contribution in [1.29, 1.82) is 0 Å². The first kappa shape index (κ1) is 13.4. The highest BCUT2D eigenvalue weighted by atomic mass is 16.5. The number of amides is 2. The van der Waals surface area contributed by atoms with Crippen molar-refractivity contribution in [3.05, 3.63) is 35.9 Å². The molecule has 1 fully saturated rings. The summed E-state index contributed by atoms with van der Waals surface area (Å²) in [4.78, 5) is 23.0. The Bertz CT molecular complexity index is 443. The first-order valence-electron chi connectivity index (χ1n) is 6.09. The zero-order chi connectivity index (χ0) is 13.7. The van der Waals surface area contributed by atoms with Gasteiger partial charge >= 0.3 is 12.0 Å². The zero-order valence-electron chi connectivity index (χ0n) is 10.3. The highest BCUT2D eigenvalue weighted by molar-refractivity contribution is 5.83. The van der Waals surface area contributed by atoms with Crippen LogP contribution in [0.5, 0.6) is 0 Å². The lowest BCUT2D eigenvalue weighted by Crippen LogP contribution is -2.45. The summed E-state index contributed by atoms with van der Waals surface area (Å²) in [6, 6.07) is 6.99. The van der Waals surface area contributed by atoms with E-state index in [1.165, 1.54) is 0 Å². The van der Waals surface area contributed by atoms with Gasteiger partial charge in [-0.2, -0.15) is 0 Å². The van der Waals surface area contributed by atoms with Crippen LogP contribution < -0.4 is 10.6 Å². The standard InChI is InChI=1S/C13H16N2O4/c16-12(17)11(9-4-2-1-3-5-9)15-13(18)14-10-6-7-19-8-10/h1-5,10-11H,6-8H2,(H,16,17)(H2,14,15,18)/t10?,11-/m1/s1. The van der Waals surface area contributed by atoms with Crippen molar-refractivity contribution in [2.45, 2.75) is 18.5 Å². The van der Waals surface area contributed by atoms with Gasteiger partial charge in [-0.1, -0.05) is 30.3 Å². The Morgan fingerprint density at radius 1 is 1.32 bits per heavy atom. The van der Waals surface area contributed by atoms with E-state index < -0.39 is 18.0 Å². The molecule has 0 saturated carbocycles. The molecule has 0 aromatic heterocycles. The fourth-order valence-electron chi connectivity index (χ4n) is 1.94. The minimum Gasteiger partial charge on any atom is -0.479 e. The molecule has 2 amide bonds. The molecule has 1 unspecified atom stereocenters. The van der Waals surface area contributed by atoms with E-state index in [9.17, 15) is 9.59 Å². The van der Waals surface area contributed by atoms with E-state index in [1.807, 2.05) is 0 Å². The molecular weight excluding hydrogens is 248 g/mol. The Kier molecular flexibility index (Phi) is 4.35. The van der Waals surface area contributed by atoms with Crippen LogP contribution in [0.4, 0.5) is 4.79 Å². The zero-order valence-corrected chi connectivity index (χ0v) is 10.3. The van der Waals surface area contributed by atoms with E-state index in [-0.39, 0.29) is 6.04 Å². The molecule has 2 atom stereocenters. The van der Waals surface area contributed by atoms with Crippen LogP contribution in [0.2, 0.25) is 0 Å². The molecule has 0 spiro atoms. The summed E-state index contributed by atoms with van der Waals surface area (Å²) in [7, 11) is 0. The van der Waals surface area contributed by atoms with E-state index >= 15 is 0 Å². The van der Waals surface area contributed by atoms with Crippen molar-refractivity contribution in [3.63, 3.8) is 0 Å². The van der Waals surface area contributed by atoms with Crippen molar-refractivity contribution in [2.75, 3.05) is 13.2 Å². The van der Waals surface area contributed by atoms with E-state index in [0.29, 0.717) is 18.8 Å². The summed E-state index contributed by atoms with van der Waals surface area (Å²) in [6.45, 7) is 1.09. The van der Waals surface area contributed by atoms with Crippen LogP contribution in [0.3, 0.4) is 0 Å². The topological polar surface area (TPSA) is 87.7 Å². The summed E-state index contributed by atoms with van der Waals surface area (Å²) < 4.78 is 5.14. The number of carboxylic acids is 1. The summed E-state index contributed by atoms with van der Waals surface area (Å²) in [5.74, 6) is -1.09. The second kappa shape index (κ2) is 6.19. The SMILES string of the molecule is O=C(NC1CCOC1)N[C@@H](C(=O)O)c1ccccc1. The number of hydrogen-bond acceptors (Lipinski definition) is 3. The molecule has 1 aromatic rings. The van der Waals surface area contributed by atoms with Gasteiger partial charge in [0.1, 0.15) is 0 Å². The Hall–Kier alpha value is -2.08. The Labute approximate surface area is 110 Å². The quantitative estimate of drug-likeness (QED) is 0.754. The van der Waals surface area contributed by atoms with Gasteiger partial charge in [0.05, 0.1) is 12.6 Å². The lowest BCUT2D eigenvalue weighted by Gasteiger charge is -2.17. The first-order chi connectivity index (χ1) is 9.16. The summed E-state index contributed by atoms with van der Waals surface area (Å²) >= 11 is 0. The smallest absolute Gasteiger partial charge is 0.330 e. The number of hydrogen-bond donors (Lipinski definition) is 3. The molecule has 0 aliphatic carbocycles. The Morgan fingerprint density at radius 3 is 2.63 bits per heavy atom. The average Bonchev–Trinajstić information content (AvgIpc) is 2.89. The highest BCUT2D eigenvalue weighted by Crippen LogP contribution is 2.12. The second-order valence-corrected chi connectivity index (χ2v) is 4.36. The molecule has 6 heteroatoms. The largest absolute Gasteiger partial charge is 0.479 e. The number of carbonyl (C=O) groups is 2. The Morgan fingerprint density at radius 2 is 2.05 bits per heavy atom. The molecule has 3 N–H and O–H groups in total. The van der Waals surface area contributed by atoms with Crippen LogP contribution in [0, 0.1) is 0 Å².